The summed E-state index contributed by atoms with van der Waals surface area (Å²) < 4.78 is 0. The second kappa shape index (κ2) is 6.30. The molecule has 0 aliphatic carbocycles. The van der Waals surface area contributed by atoms with Crippen LogP contribution in [0.15, 0.2) is 42.5 Å². The van der Waals surface area contributed by atoms with Crippen molar-refractivity contribution < 1.29 is 27.3 Å². The third kappa shape index (κ3) is 4.17. The van der Waals surface area contributed by atoms with Crippen molar-refractivity contribution >= 4 is 0 Å². The second-order valence-corrected chi connectivity index (χ2v) is 2.74. The number of hydrogen-bond donors (Lipinski definition) is 2. The first kappa shape index (κ1) is 12.8. The maximum atomic E-state index is 8.76. The summed E-state index contributed by atoms with van der Waals surface area (Å²) in [7, 11) is 0. The average Bonchev–Trinajstić information content (AvgIpc) is 2.67. The monoisotopic (exact) mass is 232 g/mol. The van der Waals surface area contributed by atoms with Crippen molar-refractivity contribution in [3.8, 4) is 11.5 Å². The van der Waals surface area contributed by atoms with E-state index in [1.807, 2.05) is 19.1 Å². The molecule has 76 valence electrons. The summed E-state index contributed by atoms with van der Waals surface area (Å²) in [6, 6.07) is 12.2. The van der Waals surface area contributed by atoms with Gasteiger partial charge in [-0.25, -0.2) is 12.1 Å². The van der Waals surface area contributed by atoms with Crippen molar-refractivity contribution in [2.24, 2.45) is 0 Å². The molecule has 0 saturated heterocycles. The SMILES string of the molecule is C[c-]1cccc1O.Oc1ccc[cH-]1.[Fe+2]. The summed E-state index contributed by atoms with van der Waals surface area (Å²) in [5.41, 5.74) is 0.944. The minimum atomic E-state index is 0. The van der Waals surface area contributed by atoms with Crippen LogP contribution in [0.2, 0.25) is 0 Å². The van der Waals surface area contributed by atoms with E-state index in [0.717, 1.165) is 5.56 Å². The van der Waals surface area contributed by atoms with E-state index in [0.29, 0.717) is 11.5 Å². The van der Waals surface area contributed by atoms with Gasteiger partial charge in [-0.3, -0.25) is 0 Å². The zero-order valence-electron chi connectivity index (χ0n) is 7.79. The Bertz CT molecular complexity index is 319. The van der Waals surface area contributed by atoms with Crippen LogP contribution in [0.4, 0.5) is 0 Å². The maximum Gasteiger partial charge on any atom is 2.00 e. The molecule has 3 heteroatoms. The molecule has 0 saturated carbocycles. The van der Waals surface area contributed by atoms with Crippen molar-refractivity contribution in [3.63, 3.8) is 0 Å². The summed E-state index contributed by atoms with van der Waals surface area (Å²) in [5, 5.41) is 17.2. The van der Waals surface area contributed by atoms with E-state index >= 15 is 0 Å². The van der Waals surface area contributed by atoms with E-state index in [4.69, 9.17) is 10.2 Å². The summed E-state index contributed by atoms with van der Waals surface area (Å²) in [6.07, 6.45) is 0. The van der Waals surface area contributed by atoms with Gasteiger partial charge in [0, 0.05) is 5.75 Å². The Morgan fingerprint density at radius 1 is 1.21 bits per heavy atom. The molecule has 0 atom stereocenters. The molecule has 0 heterocycles. The molecule has 2 aromatic rings. The smallest absolute Gasteiger partial charge is 0.534 e. The molecule has 0 aliphatic rings. The van der Waals surface area contributed by atoms with Gasteiger partial charge in [0.05, 0.1) is 0 Å². The van der Waals surface area contributed by atoms with Gasteiger partial charge in [-0.05, 0) is 5.75 Å². The van der Waals surface area contributed by atoms with Crippen molar-refractivity contribution in [1.82, 2.24) is 0 Å². The minimum absolute atomic E-state index is 0. The zero-order chi connectivity index (χ0) is 9.68. The molecule has 2 rings (SSSR count). The van der Waals surface area contributed by atoms with E-state index in [9.17, 15) is 0 Å². The second-order valence-electron chi connectivity index (χ2n) is 2.74. The van der Waals surface area contributed by atoms with Crippen molar-refractivity contribution in [1.29, 1.82) is 0 Å². The molecule has 0 aliphatic heterocycles. The Balaban J connectivity index is 0.000000227. The van der Waals surface area contributed by atoms with Crippen LogP contribution in [0, 0.1) is 6.92 Å². The first-order valence-corrected chi connectivity index (χ1v) is 4.02. The Kier molecular flexibility index (Phi) is 5.77. The van der Waals surface area contributed by atoms with Gasteiger partial charge >= 0.3 is 17.1 Å². The average molecular weight is 232 g/mol. The van der Waals surface area contributed by atoms with Crippen LogP contribution in [0.3, 0.4) is 0 Å². The minimum Gasteiger partial charge on any atom is -0.534 e. The van der Waals surface area contributed by atoms with Crippen LogP contribution in [-0.2, 0) is 17.1 Å². The number of aryl methyl sites for hydroxylation is 1. The van der Waals surface area contributed by atoms with Crippen LogP contribution in [0.5, 0.6) is 11.5 Å². The molecular formula is C11H12FeO2. The fourth-order valence-corrected chi connectivity index (χ4v) is 0.864. The first-order chi connectivity index (χ1) is 6.20. The van der Waals surface area contributed by atoms with Crippen LogP contribution >= 0.6 is 0 Å². The van der Waals surface area contributed by atoms with Crippen LogP contribution in [0.25, 0.3) is 0 Å². The standard InChI is InChI=1S/C6H7O.C5H5O.Fe/c1-5-3-2-4-6(5)7;6-5-3-1-2-4-5;/h2-4,7H,1H3;1-4,6H;/q2*-1;+2. The third-order valence-electron chi connectivity index (χ3n) is 1.65. The van der Waals surface area contributed by atoms with Gasteiger partial charge in [-0.1, -0.05) is 6.92 Å². The predicted octanol–water partition coefficient (Wildman–Crippen LogP) is 2.53. The third-order valence-corrected chi connectivity index (χ3v) is 1.65. The van der Waals surface area contributed by atoms with Gasteiger partial charge in [-0.2, -0.15) is 24.3 Å². The van der Waals surface area contributed by atoms with Crippen molar-refractivity contribution in [2.75, 3.05) is 0 Å². The molecule has 0 aromatic heterocycles. The van der Waals surface area contributed by atoms with Gasteiger partial charge in [0.1, 0.15) is 0 Å². The van der Waals surface area contributed by atoms with E-state index in [-0.39, 0.29) is 17.1 Å². The fraction of sp³-hybridized carbons (Fsp3) is 0.0909. The molecule has 0 amide bonds. The van der Waals surface area contributed by atoms with Gasteiger partial charge < -0.3 is 10.2 Å². The number of aromatic hydroxyl groups is 2. The zero-order valence-corrected chi connectivity index (χ0v) is 8.89. The summed E-state index contributed by atoms with van der Waals surface area (Å²) in [5.74, 6) is 0.731. The topological polar surface area (TPSA) is 40.5 Å². The van der Waals surface area contributed by atoms with Gasteiger partial charge in [-0.15, -0.1) is 11.6 Å². The van der Waals surface area contributed by atoms with Crippen LogP contribution in [0.1, 0.15) is 5.56 Å². The van der Waals surface area contributed by atoms with Gasteiger partial charge in [0.15, 0.2) is 0 Å². The molecular weight excluding hydrogens is 220 g/mol. The molecule has 2 aromatic carbocycles. The Hall–Kier alpha value is -1.18. The number of rotatable bonds is 0. The van der Waals surface area contributed by atoms with Crippen molar-refractivity contribution in [3.05, 3.63) is 48.0 Å². The molecule has 0 unspecified atom stereocenters. The van der Waals surface area contributed by atoms with E-state index in [2.05, 4.69) is 0 Å². The Morgan fingerprint density at radius 2 is 1.93 bits per heavy atom. The quantitative estimate of drug-likeness (QED) is 0.541. The van der Waals surface area contributed by atoms with Gasteiger partial charge in [0.2, 0.25) is 0 Å². The van der Waals surface area contributed by atoms with E-state index < -0.39 is 0 Å². The Morgan fingerprint density at radius 3 is 2.07 bits per heavy atom. The first-order valence-electron chi connectivity index (χ1n) is 4.02. The predicted molar refractivity (Wildman–Crippen MR) is 52.1 cm³/mol. The molecule has 2 nitrogen and oxygen atoms in total. The van der Waals surface area contributed by atoms with Gasteiger partial charge in [0.25, 0.3) is 0 Å². The summed E-state index contributed by atoms with van der Waals surface area (Å²) in [4.78, 5) is 0. The molecule has 2 N–H and O–H groups in total. The molecule has 0 spiro atoms. The Labute approximate surface area is 94.0 Å². The fourth-order valence-electron chi connectivity index (χ4n) is 0.864. The van der Waals surface area contributed by atoms with E-state index in [1.54, 1.807) is 30.3 Å². The molecule has 0 fully saturated rings. The van der Waals surface area contributed by atoms with Crippen LogP contribution in [-0.4, -0.2) is 10.2 Å². The maximum absolute atomic E-state index is 8.76. The molecule has 14 heavy (non-hydrogen) atoms. The van der Waals surface area contributed by atoms with Crippen molar-refractivity contribution in [2.45, 2.75) is 6.92 Å². The summed E-state index contributed by atoms with van der Waals surface area (Å²) >= 11 is 0. The number of hydrogen-bond acceptors (Lipinski definition) is 2. The normalized spacial score (nSPS) is 8.36. The molecule has 0 bridgehead atoms. The largest absolute Gasteiger partial charge is 2.00 e. The van der Waals surface area contributed by atoms with Crippen LogP contribution < -0.4 is 0 Å². The van der Waals surface area contributed by atoms with E-state index in [1.165, 1.54) is 0 Å². The summed E-state index contributed by atoms with van der Waals surface area (Å²) in [6.45, 7) is 1.87. The molecule has 0 radical (unpaired) electrons.